The Morgan fingerprint density at radius 2 is 2.05 bits per heavy atom. The van der Waals surface area contributed by atoms with Crippen molar-refractivity contribution in [2.24, 2.45) is 0 Å². The minimum Gasteiger partial charge on any atom is -0.433 e. The number of benzene rings is 1. The van der Waals surface area contributed by atoms with E-state index in [1.54, 1.807) is 6.07 Å². The third-order valence-electron chi connectivity index (χ3n) is 3.03. The van der Waals surface area contributed by atoms with Gasteiger partial charge in [0, 0.05) is 4.47 Å². The molecule has 0 aliphatic carbocycles. The minimum absolute atomic E-state index is 0.00137. The molecule has 1 aromatic heterocycles. The number of hydrogen-bond donors (Lipinski definition) is 0. The Bertz CT molecular complexity index is 713. The molecule has 0 N–H and O–H groups in total. The van der Waals surface area contributed by atoms with Crippen molar-refractivity contribution in [2.75, 3.05) is 0 Å². The number of aromatic nitrogens is 2. The Labute approximate surface area is 130 Å². The molecule has 108 valence electrons. The number of nitrogens with zero attached hydrogens (tertiary/aromatic N) is 3. The fourth-order valence-electron chi connectivity index (χ4n) is 2.00. The number of rotatable bonds is 4. The lowest BCUT2D eigenvalue weighted by molar-refractivity contribution is 0.418. The molecule has 0 radical (unpaired) electrons. The highest BCUT2D eigenvalue weighted by molar-refractivity contribution is 9.10. The summed E-state index contributed by atoms with van der Waals surface area (Å²) in [6, 6.07) is 6.41. The van der Waals surface area contributed by atoms with Crippen LogP contribution in [0.15, 0.2) is 22.7 Å². The summed E-state index contributed by atoms with van der Waals surface area (Å²) in [5.74, 6) is -0.494. The Hall–Kier alpha value is -2.00. The van der Waals surface area contributed by atoms with E-state index in [4.69, 9.17) is 4.74 Å². The van der Waals surface area contributed by atoms with Gasteiger partial charge in [0.1, 0.15) is 11.6 Å². The number of nitriles is 1. The van der Waals surface area contributed by atoms with Crippen LogP contribution < -0.4 is 4.74 Å². The molecule has 6 heteroatoms. The van der Waals surface area contributed by atoms with Gasteiger partial charge in [0.25, 0.3) is 5.88 Å². The van der Waals surface area contributed by atoms with E-state index in [0.717, 1.165) is 11.3 Å². The zero-order valence-electron chi connectivity index (χ0n) is 11.7. The first kappa shape index (κ1) is 15.4. The lowest BCUT2D eigenvalue weighted by atomic mass is 10.0. The van der Waals surface area contributed by atoms with Gasteiger partial charge < -0.3 is 4.74 Å². The third-order valence-corrected chi connectivity index (χ3v) is 3.52. The highest BCUT2D eigenvalue weighted by Gasteiger charge is 2.17. The van der Waals surface area contributed by atoms with Crippen LogP contribution in [0.5, 0.6) is 11.6 Å². The van der Waals surface area contributed by atoms with Crippen LogP contribution in [0.1, 0.15) is 30.7 Å². The van der Waals surface area contributed by atoms with Crippen LogP contribution in [0.2, 0.25) is 0 Å². The van der Waals surface area contributed by atoms with E-state index < -0.39 is 5.82 Å². The first-order valence-electron chi connectivity index (χ1n) is 6.52. The van der Waals surface area contributed by atoms with E-state index in [9.17, 15) is 9.65 Å². The molecule has 0 aliphatic heterocycles. The molecule has 0 saturated carbocycles. The highest BCUT2D eigenvalue weighted by atomic mass is 79.9. The molecular weight excluding hydrogens is 337 g/mol. The molecule has 0 bridgehead atoms. The average molecular weight is 350 g/mol. The molecule has 0 amide bonds. The molecule has 2 aromatic rings. The second kappa shape index (κ2) is 6.64. The zero-order valence-corrected chi connectivity index (χ0v) is 13.2. The van der Waals surface area contributed by atoms with Gasteiger partial charge in [-0.1, -0.05) is 29.8 Å². The van der Waals surface area contributed by atoms with Crippen LogP contribution in [0.4, 0.5) is 4.39 Å². The number of halogens is 2. The number of ether oxygens (including phenoxy) is 1. The predicted octanol–water partition coefficient (Wildman–Crippen LogP) is 4.17. The summed E-state index contributed by atoms with van der Waals surface area (Å²) in [7, 11) is 0. The number of aryl methyl sites for hydroxylation is 1. The third kappa shape index (κ3) is 3.19. The summed E-state index contributed by atoms with van der Waals surface area (Å²) in [5.41, 5.74) is 1.86. The van der Waals surface area contributed by atoms with Gasteiger partial charge in [-0.05, 0) is 36.6 Å². The van der Waals surface area contributed by atoms with Gasteiger partial charge in [-0.3, -0.25) is 0 Å². The Kier molecular flexibility index (Phi) is 4.86. The smallest absolute Gasteiger partial charge is 0.257 e. The topological polar surface area (TPSA) is 58.8 Å². The summed E-state index contributed by atoms with van der Waals surface area (Å²) in [6.07, 6.45) is 1.31. The molecule has 21 heavy (non-hydrogen) atoms. The number of hydrogen-bond acceptors (Lipinski definition) is 4. The van der Waals surface area contributed by atoms with Crippen molar-refractivity contribution in [1.82, 2.24) is 10.2 Å². The average Bonchev–Trinajstić information content (AvgIpc) is 2.50. The maximum absolute atomic E-state index is 13.7. The summed E-state index contributed by atoms with van der Waals surface area (Å²) in [4.78, 5) is 0. The van der Waals surface area contributed by atoms with E-state index in [0.29, 0.717) is 22.9 Å². The Balaban J connectivity index is 2.50. The minimum atomic E-state index is -0.526. The van der Waals surface area contributed by atoms with E-state index in [1.165, 1.54) is 12.1 Å². The fraction of sp³-hybridized carbons (Fsp3) is 0.267. The lowest BCUT2D eigenvalue weighted by Crippen LogP contribution is -2.05. The largest absolute Gasteiger partial charge is 0.433 e. The molecule has 0 saturated heterocycles. The molecule has 1 heterocycles. The molecule has 4 nitrogen and oxygen atoms in total. The van der Waals surface area contributed by atoms with E-state index in [-0.39, 0.29) is 11.6 Å². The van der Waals surface area contributed by atoms with Crippen molar-refractivity contribution < 1.29 is 9.13 Å². The first-order valence-corrected chi connectivity index (χ1v) is 7.31. The molecule has 0 aliphatic rings. The Morgan fingerprint density at radius 1 is 1.29 bits per heavy atom. The van der Waals surface area contributed by atoms with Gasteiger partial charge >= 0.3 is 0 Å². The molecule has 0 atom stereocenters. The highest BCUT2D eigenvalue weighted by Crippen LogP contribution is 2.30. The normalized spacial score (nSPS) is 10.2. The van der Waals surface area contributed by atoms with Crippen LogP contribution >= 0.6 is 15.9 Å². The monoisotopic (exact) mass is 349 g/mol. The second-order valence-corrected chi connectivity index (χ2v) is 5.22. The molecule has 2 rings (SSSR count). The van der Waals surface area contributed by atoms with Gasteiger partial charge in [0.15, 0.2) is 11.6 Å². The maximum atomic E-state index is 13.7. The predicted molar refractivity (Wildman–Crippen MR) is 79.7 cm³/mol. The van der Waals surface area contributed by atoms with Crippen molar-refractivity contribution >= 4 is 15.9 Å². The molecule has 0 unspecified atom stereocenters. The second-order valence-electron chi connectivity index (χ2n) is 4.30. The molecule has 0 fully saturated rings. The summed E-state index contributed by atoms with van der Waals surface area (Å²) < 4.78 is 19.9. The van der Waals surface area contributed by atoms with Crippen molar-refractivity contribution in [3.63, 3.8) is 0 Å². The van der Waals surface area contributed by atoms with Crippen molar-refractivity contribution in [1.29, 1.82) is 5.26 Å². The summed E-state index contributed by atoms with van der Waals surface area (Å²) in [6.45, 7) is 3.87. The molecular formula is C15H13BrFN3O. The van der Waals surface area contributed by atoms with Gasteiger partial charge in [0.05, 0.1) is 5.69 Å². The zero-order chi connectivity index (χ0) is 15.4. The van der Waals surface area contributed by atoms with E-state index in [2.05, 4.69) is 32.2 Å². The van der Waals surface area contributed by atoms with Crippen LogP contribution in [-0.2, 0) is 12.8 Å². The van der Waals surface area contributed by atoms with Gasteiger partial charge in [0.2, 0.25) is 0 Å². The quantitative estimate of drug-likeness (QED) is 0.831. The Morgan fingerprint density at radius 3 is 2.67 bits per heavy atom. The van der Waals surface area contributed by atoms with Gasteiger partial charge in [-0.15, -0.1) is 5.10 Å². The SMILES string of the molecule is CCc1nnc(Oc2cc(Br)ccc2F)c(C#N)c1CC. The van der Waals surface area contributed by atoms with E-state index >= 15 is 0 Å². The van der Waals surface area contributed by atoms with Gasteiger partial charge in [-0.2, -0.15) is 10.4 Å². The molecule has 0 spiro atoms. The van der Waals surface area contributed by atoms with Gasteiger partial charge in [-0.25, -0.2) is 4.39 Å². The summed E-state index contributed by atoms with van der Waals surface area (Å²) >= 11 is 3.25. The van der Waals surface area contributed by atoms with Crippen LogP contribution in [0, 0.1) is 17.1 Å². The van der Waals surface area contributed by atoms with Crippen molar-refractivity contribution in [2.45, 2.75) is 26.7 Å². The van der Waals surface area contributed by atoms with E-state index in [1.807, 2.05) is 13.8 Å². The first-order chi connectivity index (χ1) is 10.1. The maximum Gasteiger partial charge on any atom is 0.257 e. The van der Waals surface area contributed by atoms with Crippen molar-refractivity contribution in [3.8, 4) is 17.7 Å². The van der Waals surface area contributed by atoms with Crippen LogP contribution in [0.3, 0.4) is 0 Å². The standard InChI is InChI=1S/C15H13BrFN3O/c1-3-10-11(8-18)15(20-19-13(10)4-2)21-14-7-9(16)5-6-12(14)17/h5-7H,3-4H2,1-2H3. The lowest BCUT2D eigenvalue weighted by Gasteiger charge is -2.11. The van der Waals surface area contributed by atoms with Crippen molar-refractivity contribution in [3.05, 3.63) is 45.3 Å². The van der Waals surface area contributed by atoms with Crippen LogP contribution in [0.25, 0.3) is 0 Å². The molecule has 1 aromatic carbocycles. The summed E-state index contributed by atoms with van der Waals surface area (Å²) in [5, 5.41) is 17.3. The van der Waals surface area contributed by atoms with Crippen LogP contribution in [-0.4, -0.2) is 10.2 Å². The fourth-order valence-corrected chi connectivity index (χ4v) is 2.34.